The van der Waals surface area contributed by atoms with Gasteiger partial charge in [0.25, 0.3) is 0 Å². The largest absolute Gasteiger partial charge is 0.496 e. The first kappa shape index (κ1) is 15.7. The first-order valence-electron chi connectivity index (χ1n) is 6.84. The molecule has 0 amide bonds. The molecule has 2 aromatic rings. The number of aliphatic hydroxyl groups is 1. The average molecular weight is 306 g/mol. The molecular weight excluding hydrogens is 286 g/mol. The van der Waals surface area contributed by atoms with Gasteiger partial charge in [0.05, 0.1) is 13.2 Å². The van der Waals surface area contributed by atoms with E-state index in [1.165, 1.54) is 0 Å². The number of anilines is 1. The molecular formula is C17H20ClNO2. The molecule has 0 aliphatic heterocycles. The lowest BCUT2D eigenvalue weighted by Crippen LogP contribution is -2.14. The van der Waals surface area contributed by atoms with Crippen LogP contribution in [0.15, 0.2) is 36.4 Å². The Balaban J connectivity index is 2.13. The first-order valence-corrected chi connectivity index (χ1v) is 7.21. The summed E-state index contributed by atoms with van der Waals surface area (Å²) in [6.07, 6.45) is -0.654. The standard InChI is InChI=1S/C17H20ClNO2/c1-11-4-7-17(21-3)14(8-11)16(20)10-19-15-9-13(18)6-5-12(15)2/h4-9,16,19-20H,10H2,1-3H3. The molecule has 112 valence electrons. The van der Waals surface area contributed by atoms with Gasteiger partial charge in [0.1, 0.15) is 5.75 Å². The fourth-order valence-corrected chi connectivity index (χ4v) is 2.39. The summed E-state index contributed by atoms with van der Waals surface area (Å²) in [4.78, 5) is 0. The maximum absolute atomic E-state index is 10.4. The normalized spacial score (nSPS) is 12.0. The molecule has 0 spiro atoms. The van der Waals surface area contributed by atoms with Crippen LogP contribution in [0.25, 0.3) is 0 Å². The monoisotopic (exact) mass is 305 g/mol. The molecule has 0 saturated carbocycles. The van der Waals surface area contributed by atoms with E-state index in [9.17, 15) is 5.11 Å². The third kappa shape index (κ3) is 3.90. The number of halogens is 1. The van der Waals surface area contributed by atoms with Crippen LogP contribution in [0.2, 0.25) is 5.02 Å². The molecule has 21 heavy (non-hydrogen) atoms. The predicted molar refractivity (Wildman–Crippen MR) is 87.4 cm³/mol. The van der Waals surface area contributed by atoms with Crippen LogP contribution in [0.1, 0.15) is 22.8 Å². The second-order valence-electron chi connectivity index (χ2n) is 5.10. The van der Waals surface area contributed by atoms with Crippen molar-refractivity contribution in [2.75, 3.05) is 19.0 Å². The van der Waals surface area contributed by atoms with Gasteiger partial charge < -0.3 is 15.2 Å². The number of hydrogen-bond donors (Lipinski definition) is 2. The van der Waals surface area contributed by atoms with Crippen molar-refractivity contribution in [3.8, 4) is 5.75 Å². The van der Waals surface area contributed by atoms with Crippen molar-refractivity contribution in [2.45, 2.75) is 20.0 Å². The van der Waals surface area contributed by atoms with Crippen LogP contribution < -0.4 is 10.1 Å². The Morgan fingerprint density at radius 1 is 1.19 bits per heavy atom. The third-order valence-corrected chi connectivity index (χ3v) is 3.66. The molecule has 0 radical (unpaired) electrons. The molecule has 0 heterocycles. The number of ether oxygens (including phenoxy) is 1. The second kappa shape index (κ2) is 6.83. The lowest BCUT2D eigenvalue weighted by atomic mass is 10.0. The molecule has 0 fully saturated rings. The first-order chi connectivity index (χ1) is 10.0. The van der Waals surface area contributed by atoms with E-state index >= 15 is 0 Å². The molecule has 1 unspecified atom stereocenters. The van der Waals surface area contributed by atoms with Crippen molar-refractivity contribution >= 4 is 17.3 Å². The summed E-state index contributed by atoms with van der Waals surface area (Å²) >= 11 is 6.00. The van der Waals surface area contributed by atoms with Gasteiger partial charge in [-0.2, -0.15) is 0 Å². The van der Waals surface area contributed by atoms with E-state index in [2.05, 4.69) is 5.32 Å². The van der Waals surface area contributed by atoms with E-state index in [1.807, 2.05) is 50.2 Å². The zero-order valence-electron chi connectivity index (χ0n) is 12.5. The van der Waals surface area contributed by atoms with Crippen LogP contribution in [-0.4, -0.2) is 18.8 Å². The van der Waals surface area contributed by atoms with Crippen LogP contribution in [0.4, 0.5) is 5.69 Å². The minimum Gasteiger partial charge on any atom is -0.496 e. The van der Waals surface area contributed by atoms with Gasteiger partial charge >= 0.3 is 0 Å². The van der Waals surface area contributed by atoms with E-state index in [1.54, 1.807) is 7.11 Å². The molecule has 3 nitrogen and oxygen atoms in total. The Labute approximate surface area is 130 Å². The highest BCUT2D eigenvalue weighted by Gasteiger charge is 2.13. The number of aliphatic hydroxyl groups excluding tert-OH is 1. The van der Waals surface area contributed by atoms with Crippen LogP contribution >= 0.6 is 11.6 Å². The molecule has 0 aliphatic rings. The fourth-order valence-electron chi connectivity index (χ4n) is 2.22. The molecule has 2 aromatic carbocycles. The maximum atomic E-state index is 10.4. The summed E-state index contributed by atoms with van der Waals surface area (Å²) in [6, 6.07) is 11.4. The lowest BCUT2D eigenvalue weighted by molar-refractivity contribution is 0.187. The van der Waals surface area contributed by atoms with Crippen molar-refractivity contribution in [2.24, 2.45) is 0 Å². The zero-order chi connectivity index (χ0) is 15.4. The third-order valence-electron chi connectivity index (χ3n) is 3.43. The quantitative estimate of drug-likeness (QED) is 0.873. The Morgan fingerprint density at radius 2 is 1.95 bits per heavy atom. The molecule has 0 aliphatic carbocycles. The van der Waals surface area contributed by atoms with Crippen molar-refractivity contribution in [1.82, 2.24) is 0 Å². The number of methoxy groups -OCH3 is 1. The summed E-state index contributed by atoms with van der Waals surface area (Å²) in [5, 5.41) is 14.3. The molecule has 0 aromatic heterocycles. The van der Waals surface area contributed by atoms with E-state index in [0.29, 0.717) is 17.3 Å². The second-order valence-corrected chi connectivity index (χ2v) is 5.54. The number of nitrogens with one attached hydrogen (secondary N) is 1. The van der Waals surface area contributed by atoms with Gasteiger partial charge in [-0.1, -0.05) is 29.3 Å². The highest BCUT2D eigenvalue weighted by molar-refractivity contribution is 6.30. The highest BCUT2D eigenvalue weighted by atomic mass is 35.5. The Bertz CT molecular complexity index is 628. The number of hydrogen-bond acceptors (Lipinski definition) is 3. The summed E-state index contributed by atoms with van der Waals surface area (Å²) in [6.45, 7) is 4.38. The smallest absolute Gasteiger partial charge is 0.124 e. The number of benzene rings is 2. The molecule has 1 atom stereocenters. The van der Waals surface area contributed by atoms with Crippen LogP contribution in [0.3, 0.4) is 0 Å². The Kier molecular flexibility index (Phi) is 5.10. The van der Waals surface area contributed by atoms with E-state index < -0.39 is 6.10 Å². The maximum Gasteiger partial charge on any atom is 0.124 e. The SMILES string of the molecule is COc1ccc(C)cc1C(O)CNc1cc(Cl)ccc1C. The summed E-state index contributed by atoms with van der Waals surface area (Å²) in [5.74, 6) is 0.692. The van der Waals surface area contributed by atoms with Gasteiger partial charge in [-0.25, -0.2) is 0 Å². The molecule has 2 rings (SSSR count). The van der Waals surface area contributed by atoms with Crippen LogP contribution in [0, 0.1) is 13.8 Å². The van der Waals surface area contributed by atoms with E-state index in [4.69, 9.17) is 16.3 Å². The van der Waals surface area contributed by atoms with Gasteiger partial charge in [0.15, 0.2) is 0 Å². The van der Waals surface area contributed by atoms with Gasteiger partial charge in [0.2, 0.25) is 0 Å². The summed E-state index contributed by atoms with van der Waals surface area (Å²) in [5.41, 5.74) is 3.88. The van der Waals surface area contributed by atoms with Gasteiger partial charge in [-0.05, 0) is 43.7 Å². The summed E-state index contributed by atoms with van der Waals surface area (Å²) < 4.78 is 5.31. The van der Waals surface area contributed by atoms with E-state index in [0.717, 1.165) is 22.4 Å². The number of aryl methyl sites for hydroxylation is 2. The van der Waals surface area contributed by atoms with Crippen molar-refractivity contribution in [3.63, 3.8) is 0 Å². The Morgan fingerprint density at radius 3 is 2.67 bits per heavy atom. The van der Waals surface area contributed by atoms with E-state index in [-0.39, 0.29) is 0 Å². The predicted octanol–water partition coefficient (Wildman–Crippen LogP) is 4.11. The van der Waals surface area contributed by atoms with Crippen molar-refractivity contribution < 1.29 is 9.84 Å². The average Bonchev–Trinajstić information content (AvgIpc) is 2.47. The van der Waals surface area contributed by atoms with Crippen LogP contribution in [0.5, 0.6) is 5.75 Å². The molecule has 4 heteroatoms. The minimum absolute atomic E-state index is 0.390. The molecule has 0 bridgehead atoms. The zero-order valence-corrected chi connectivity index (χ0v) is 13.2. The van der Waals surface area contributed by atoms with Gasteiger partial charge in [0, 0.05) is 22.8 Å². The lowest BCUT2D eigenvalue weighted by Gasteiger charge is -2.18. The topological polar surface area (TPSA) is 41.5 Å². The van der Waals surface area contributed by atoms with Crippen molar-refractivity contribution in [3.05, 3.63) is 58.1 Å². The van der Waals surface area contributed by atoms with Gasteiger partial charge in [-0.15, -0.1) is 0 Å². The fraction of sp³-hybridized carbons (Fsp3) is 0.294. The number of rotatable bonds is 5. The minimum atomic E-state index is -0.654. The van der Waals surface area contributed by atoms with Crippen molar-refractivity contribution in [1.29, 1.82) is 0 Å². The summed E-state index contributed by atoms with van der Waals surface area (Å²) in [7, 11) is 1.61. The van der Waals surface area contributed by atoms with Crippen LogP contribution in [-0.2, 0) is 0 Å². The molecule has 0 saturated heterocycles. The van der Waals surface area contributed by atoms with Gasteiger partial charge in [-0.3, -0.25) is 0 Å². The Hall–Kier alpha value is -1.71. The highest BCUT2D eigenvalue weighted by Crippen LogP contribution is 2.27. The molecule has 2 N–H and O–H groups in total.